The number of hydrogen-bond donors (Lipinski definition) is 1. The van der Waals surface area contributed by atoms with Gasteiger partial charge in [-0.25, -0.2) is 0 Å². The van der Waals surface area contributed by atoms with Gasteiger partial charge in [0.2, 0.25) is 5.91 Å². The molecule has 1 aliphatic rings. The second-order valence-corrected chi connectivity index (χ2v) is 7.88. The van der Waals surface area contributed by atoms with Crippen molar-refractivity contribution in [2.45, 2.75) is 45.3 Å². The number of nitrogens with zero attached hydrogens (tertiary/aromatic N) is 1. The van der Waals surface area contributed by atoms with Gasteiger partial charge in [-0.3, -0.25) is 9.59 Å². The molecule has 3 rings (SSSR count). The molecule has 0 spiro atoms. The van der Waals surface area contributed by atoms with Crippen molar-refractivity contribution in [3.63, 3.8) is 0 Å². The van der Waals surface area contributed by atoms with E-state index in [1.165, 1.54) is 4.57 Å². The van der Waals surface area contributed by atoms with Crippen LogP contribution in [0.15, 0.2) is 47.4 Å². The minimum atomic E-state index is -0.438. The van der Waals surface area contributed by atoms with Crippen LogP contribution in [0.2, 0.25) is 0 Å². The first-order valence-corrected chi connectivity index (χ1v) is 8.99. The summed E-state index contributed by atoms with van der Waals surface area (Å²) >= 11 is 0. The summed E-state index contributed by atoms with van der Waals surface area (Å²) in [6, 6.07) is 10.8. The number of amides is 1. The van der Waals surface area contributed by atoms with Crippen LogP contribution < -0.4 is 16.3 Å². The van der Waals surface area contributed by atoms with Crippen molar-refractivity contribution in [3.8, 4) is 0 Å². The zero-order valence-corrected chi connectivity index (χ0v) is 16.4. The summed E-state index contributed by atoms with van der Waals surface area (Å²) in [6.45, 7) is 8.04. The third kappa shape index (κ3) is 3.99. The highest BCUT2D eigenvalue weighted by Gasteiger charge is 2.51. The van der Waals surface area contributed by atoms with Gasteiger partial charge in [0.1, 0.15) is 0 Å². The highest BCUT2D eigenvalue weighted by molar-refractivity contribution is 6.62. The van der Waals surface area contributed by atoms with Gasteiger partial charge in [0.05, 0.1) is 17.6 Å². The third-order valence-corrected chi connectivity index (χ3v) is 5.27. The van der Waals surface area contributed by atoms with Gasteiger partial charge >= 0.3 is 7.12 Å². The number of aromatic nitrogens is 1. The monoisotopic (exact) mass is 368 g/mol. The second kappa shape index (κ2) is 6.98. The fourth-order valence-electron chi connectivity index (χ4n) is 2.87. The van der Waals surface area contributed by atoms with Gasteiger partial charge in [0.15, 0.2) is 0 Å². The molecule has 0 bridgehead atoms. The molecule has 1 amide bonds. The Morgan fingerprint density at radius 2 is 1.67 bits per heavy atom. The molecule has 1 aliphatic heterocycles. The summed E-state index contributed by atoms with van der Waals surface area (Å²) in [4.78, 5) is 24.3. The van der Waals surface area contributed by atoms with E-state index in [1.807, 2.05) is 39.8 Å². The van der Waals surface area contributed by atoms with Crippen LogP contribution in [0.4, 0.5) is 5.69 Å². The summed E-state index contributed by atoms with van der Waals surface area (Å²) in [5, 5.41) is 2.82. The van der Waals surface area contributed by atoms with Crippen molar-refractivity contribution in [1.82, 2.24) is 4.57 Å². The molecule has 1 aromatic carbocycles. The van der Waals surface area contributed by atoms with E-state index in [0.717, 1.165) is 5.46 Å². The molecular formula is C20H25BN2O4. The molecule has 0 saturated carbocycles. The number of nitrogens with one attached hydrogen (secondary N) is 1. The van der Waals surface area contributed by atoms with Crippen LogP contribution in [0, 0.1) is 0 Å². The van der Waals surface area contributed by atoms with Crippen LogP contribution in [0.5, 0.6) is 0 Å². The number of hydrogen-bond acceptors (Lipinski definition) is 4. The van der Waals surface area contributed by atoms with Crippen LogP contribution in [-0.2, 0) is 27.6 Å². The minimum Gasteiger partial charge on any atom is -0.399 e. The molecule has 0 aliphatic carbocycles. The summed E-state index contributed by atoms with van der Waals surface area (Å²) in [7, 11) is 1.23. The van der Waals surface area contributed by atoms with Crippen LogP contribution in [0.3, 0.4) is 0 Å². The first kappa shape index (κ1) is 19.4. The largest absolute Gasteiger partial charge is 0.494 e. The highest BCUT2D eigenvalue weighted by Crippen LogP contribution is 2.36. The summed E-state index contributed by atoms with van der Waals surface area (Å²) in [6.07, 6.45) is 1.70. The number of rotatable bonds is 4. The van der Waals surface area contributed by atoms with E-state index in [9.17, 15) is 9.59 Å². The molecule has 27 heavy (non-hydrogen) atoms. The van der Waals surface area contributed by atoms with E-state index >= 15 is 0 Å². The topological polar surface area (TPSA) is 69.6 Å². The lowest BCUT2D eigenvalue weighted by Crippen LogP contribution is -2.41. The van der Waals surface area contributed by atoms with Crippen molar-refractivity contribution in [2.24, 2.45) is 7.05 Å². The number of aryl methyl sites for hydroxylation is 1. The third-order valence-electron chi connectivity index (χ3n) is 5.27. The Kier molecular flexibility index (Phi) is 5.01. The van der Waals surface area contributed by atoms with Gasteiger partial charge in [0, 0.05) is 24.5 Å². The quantitative estimate of drug-likeness (QED) is 0.837. The summed E-state index contributed by atoms with van der Waals surface area (Å²) in [5.74, 6) is -0.235. The number of carbonyl (C=O) groups is 1. The van der Waals surface area contributed by atoms with Gasteiger partial charge in [-0.05, 0) is 51.4 Å². The minimum absolute atomic E-state index is 0.0342. The first-order chi connectivity index (χ1) is 12.6. The van der Waals surface area contributed by atoms with Crippen LogP contribution in [0.25, 0.3) is 0 Å². The molecule has 0 unspecified atom stereocenters. The maximum Gasteiger partial charge on any atom is 0.494 e. The van der Waals surface area contributed by atoms with E-state index in [2.05, 4.69) is 5.32 Å². The molecule has 0 radical (unpaired) electrons. The van der Waals surface area contributed by atoms with Crippen molar-refractivity contribution in [3.05, 3.63) is 58.5 Å². The van der Waals surface area contributed by atoms with Gasteiger partial charge in [0.25, 0.3) is 5.56 Å². The Balaban J connectivity index is 1.65. The van der Waals surface area contributed by atoms with E-state index in [1.54, 1.807) is 37.5 Å². The normalized spacial score (nSPS) is 17.7. The lowest BCUT2D eigenvalue weighted by atomic mass is 9.79. The van der Waals surface area contributed by atoms with Gasteiger partial charge in [-0.2, -0.15) is 0 Å². The van der Waals surface area contributed by atoms with Crippen molar-refractivity contribution >= 4 is 24.2 Å². The molecule has 7 heteroatoms. The Bertz CT molecular complexity index is 887. The van der Waals surface area contributed by atoms with Crippen LogP contribution >= 0.6 is 0 Å². The smallest absolute Gasteiger partial charge is 0.399 e. The second-order valence-electron chi connectivity index (χ2n) is 7.88. The van der Waals surface area contributed by atoms with Crippen molar-refractivity contribution < 1.29 is 14.1 Å². The van der Waals surface area contributed by atoms with E-state index < -0.39 is 18.3 Å². The fourth-order valence-corrected chi connectivity index (χ4v) is 2.87. The highest BCUT2D eigenvalue weighted by atomic mass is 16.7. The Labute approximate surface area is 159 Å². The fraction of sp³-hybridized carbons (Fsp3) is 0.400. The predicted octanol–water partition coefficient (Wildman–Crippen LogP) is 1.87. The number of anilines is 1. The van der Waals surface area contributed by atoms with Crippen molar-refractivity contribution in [2.75, 3.05) is 5.32 Å². The Morgan fingerprint density at radius 1 is 1.07 bits per heavy atom. The Hall–Kier alpha value is -2.38. The predicted molar refractivity (Wildman–Crippen MR) is 106 cm³/mol. The van der Waals surface area contributed by atoms with Gasteiger partial charge < -0.3 is 19.2 Å². The first-order valence-electron chi connectivity index (χ1n) is 8.99. The van der Waals surface area contributed by atoms with Crippen LogP contribution in [0.1, 0.15) is 33.3 Å². The average Bonchev–Trinajstić information content (AvgIpc) is 2.80. The number of benzene rings is 1. The molecule has 6 nitrogen and oxygen atoms in total. The summed E-state index contributed by atoms with van der Waals surface area (Å²) in [5.41, 5.74) is 1.06. The SMILES string of the molecule is Cn1cccc(CC(=O)Nc2ccc(B3OC(C)(C)C(C)(C)O3)cc2)c1=O. The Morgan fingerprint density at radius 3 is 2.26 bits per heavy atom. The number of carbonyl (C=O) groups excluding carboxylic acids is 1. The molecular weight excluding hydrogens is 343 g/mol. The molecule has 1 fully saturated rings. The zero-order valence-electron chi connectivity index (χ0n) is 16.4. The average molecular weight is 368 g/mol. The van der Waals surface area contributed by atoms with Crippen LogP contribution in [-0.4, -0.2) is 28.8 Å². The van der Waals surface area contributed by atoms with Gasteiger partial charge in [-0.1, -0.05) is 18.2 Å². The molecule has 0 atom stereocenters. The van der Waals surface area contributed by atoms with E-state index in [-0.39, 0.29) is 17.9 Å². The molecule has 142 valence electrons. The van der Waals surface area contributed by atoms with E-state index in [4.69, 9.17) is 9.31 Å². The maximum absolute atomic E-state index is 12.2. The number of pyridine rings is 1. The molecule has 2 aromatic rings. The lowest BCUT2D eigenvalue weighted by molar-refractivity contribution is -0.115. The van der Waals surface area contributed by atoms with E-state index in [0.29, 0.717) is 11.3 Å². The summed E-state index contributed by atoms with van der Waals surface area (Å²) < 4.78 is 13.5. The molecule has 1 aromatic heterocycles. The van der Waals surface area contributed by atoms with Gasteiger partial charge in [-0.15, -0.1) is 0 Å². The zero-order chi connectivity index (χ0) is 19.8. The standard InChI is InChI=1S/C20H25BN2O4/c1-19(2)20(3,4)27-21(26-19)15-8-10-16(11-9-15)22-17(24)13-14-7-6-12-23(5)18(14)25/h6-12H,13H2,1-5H3,(H,22,24). The molecule has 1 N–H and O–H groups in total. The molecule has 2 heterocycles. The molecule has 1 saturated heterocycles. The maximum atomic E-state index is 12.2. The van der Waals surface area contributed by atoms with Crippen molar-refractivity contribution in [1.29, 1.82) is 0 Å². The lowest BCUT2D eigenvalue weighted by Gasteiger charge is -2.32.